The van der Waals surface area contributed by atoms with Crippen LogP contribution in [-0.4, -0.2) is 16.1 Å². The summed E-state index contributed by atoms with van der Waals surface area (Å²) in [7, 11) is 0. The SMILES string of the molecule is C=C(C)C1CCC(C(N)=O)CC1c1c(O)cc(C(C)(C)CCCCCC)cc1O. The maximum atomic E-state index is 11.8. The van der Waals surface area contributed by atoms with Crippen molar-refractivity contribution >= 4 is 5.91 Å². The minimum atomic E-state index is -0.307. The van der Waals surface area contributed by atoms with Crippen LogP contribution in [0.4, 0.5) is 0 Å². The van der Waals surface area contributed by atoms with E-state index in [0.717, 1.165) is 36.8 Å². The van der Waals surface area contributed by atoms with Gasteiger partial charge in [0.05, 0.1) is 0 Å². The summed E-state index contributed by atoms with van der Waals surface area (Å²) in [5.74, 6) is -0.343. The van der Waals surface area contributed by atoms with Gasteiger partial charge in [-0.15, -0.1) is 0 Å². The van der Waals surface area contributed by atoms with Gasteiger partial charge in [0.1, 0.15) is 11.5 Å². The van der Waals surface area contributed by atoms with Gasteiger partial charge >= 0.3 is 0 Å². The molecule has 29 heavy (non-hydrogen) atoms. The molecular weight excluding hydrogens is 362 g/mol. The molecule has 0 spiro atoms. The highest BCUT2D eigenvalue weighted by atomic mass is 16.3. The number of phenolic OH excluding ortho intramolecular Hbond substituents is 2. The Hall–Kier alpha value is -1.97. The molecule has 3 atom stereocenters. The molecule has 1 aromatic rings. The molecule has 1 amide bonds. The lowest BCUT2D eigenvalue weighted by atomic mass is 9.68. The van der Waals surface area contributed by atoms with Crippen LogP contribution in [-0.2, 0) is 10.2 Å². The molecule has 162 valence electrons. The number of benzene rings is 1. The van der Waals surface area contributed by atoms with E-state index in [0.29, 0.717) is 12.0 Å². The van der Waals surface area contributed by atoms with Crippen molar-refractivity contribution in [2.45, 2.75) is 90.4 Å². The molecular formula is C25H39NO3. The van der Waals surface area contributed by atoms with Crippen LogP contribution in [0, 0.1) is 11.8 Å². The second-order valence-electron chi connectivity index (χ2n) is 9.59. The van der Waals surface area contributed by atoms with Gasteiger partial charge in [0.2, 0.25) is 5.91 Å². The second-order valence-corrected chi connectivity index (χ2v) is 9.59. The van der Waals surface area contributed by atoms with Gasteiger partial charge in [-0.1, -0.05) is 58.6 Å². The first-order valence-electron chi connectivity index (χ1n) is 11.1. The predicted molar refractivity (Wildman–Crippen MR) is 119 cm³/mol. The first kappa shape index (κ1) is 23.3. The third-order valence-electron chi connectivity index (χ3n) is 6.83. The molecule has 4 nitrogen and oxygen atoms in total. The van der Waals surface area contributed by atoms with Crippen LogP contribution in [0.1, 0.15) is 96.1 Å². The fourth-order valence-corrected chi connectivity index (χ4v) is 4.87. The van der Waals surface area contributed by atoms with Crippen LogP contribution in [0.25, 0.3) is 0 Å². The molecule has 4 heteroatoms. The third kappa shape index (κ3) is 5.55. The van der Waals surface area contributed by atoms with Crippen LogP contribution >= 0.6 is 0 Å². The molecule has 0 radical (unpaired) electrons. The van der Waals surface area contributed by atoms with Gasteiger partial charge in [-0.25, -0.2) is 0 Å². The number of aromatic hydroxyl groups is 2. The number of hydrogen-bond donors (Lipinski definition) is 3. The van der Waals surface area contributed by atoms with E-state index >= 15 is 0 Å². The Morgan fingerprint density at radius 1 is 1.17 bits per heavy atom. The summed E-state index contributed by atoms with van der Waals surface area (Å²) in [5, 5.41) is 21.8. The van der Waals surface area contributed by atoms with Gasteiger partial charge in [0.15, 0.2) is 0 Å². The molecule has 0 aromatic heterocycles. The van der Waals surface area contributed by atoms with Crippen molar-refractivity contribution in [3.63, 3.8) is 0 Å². The highest BCUT2D eigenvalue weighted by Gasteiger charge is 2.37. The number of nitrogens with two attached hydrogens (primary N) is 1. The Bertz CT molecular complexity index is 715. The largest absolute Gasteiger partial charge is 0.508 e. The fraction of sp³-hybridized carbons (Fsp3) is 0.640. The normalized spacial score (nSPS) is 22.4. The van der Waals surface area contributed by atoms with E-state index in [1.54, 1.807) is 12.1 Å². The molecule has 1 aliphatic rings. The van der Waals surface area contributed by atoms with Crippen LogP contribution in [0.3, 0.4) is 0 Å². The average Bonchev–Trinajstić information content (AvgIpc) is 2.64. The monoisotopic (exact) mass is 401 g/mol. The van der Waals surface area contributed by atoms with E-state index in [1.807, 2.05) is 6.92 Å². The number of unbranched alkanes of at least 4 members (excludes halogenated alkanes) is 3. The zero-order chi connectivity index (χ0) is 21.8. The van der Waals surface area contributed by atoms with Crippen molar-refractivity contribution in [2.24, 2.45) is 17.6 Å². The van der Waals surface area contributed by atoms with E-state index in [9.17, 15) is 15.0 Å². The van der Waals surface area contributed by atoms with Gasteiger partial charge in [0.25, 0.3) is 0 Å². The van der Waals surface area contributed by atoms with Crippen molar-refractivity contribution in [2.75, 3.05) is 0 Å². The fourth-order valence-electron chi connectivity index (χ4n) is 4.87. The topological polar surface area (TPSA) is 83.6 Å². The molecule has 0 aliphatic heterocycles. The molecule has 1 aliphatic carbocycles. The maximum Gasteiger partial charge on any atom is 0.220 e. The van der Waals surface area contributed by atoms with Crippen molar-refractivity contribution in [1.29, 1.82) is 0 Å². The molecule has 2 rings (SSSR count). The summed E-state index contributed by atoms with van der Waals surface area (Å²) in [6.07, 6.45) is 7.83. The standard InChI is InChI=1S/C25H39NO3/c1-6-7-8-9-12-25(4,5)18-14-21(27)23(22(28)15-18)20-13-17(24(26)29)10-11-19(20)16(2)3/h14-15,17,19-20,27-28H,2,6-13H2,1,3-5H3,(H2,26,29). The smallest absolute Gasteiger partial charge is 0.220 e. The number of rotatable bonds is 9. The number of primary amides is 1. The molecule has 1 saturated carbocycles. The number of carbonyl (C=O) groups excluding carboxylic acids is 1. The summed E-state index contributed by atoms with van der Waals surface area (Å²) in [6.45, 7) is 12.6. The molecule has 3 unspecified atom stereocenters. The van der Waals surface area contributed by atoms with Crippen LogP contribution in [0.2, 0.25) is 0 Å². The summed E-state index contributed by atoms with van der Waals surface area (Å²) >= 11 is 0. The van der Waals surface area contributed by atoms with Crippen molar-refractivity contribution < 1.29 is 15.0 Å². The highest BCUT2D eigenvalue weighted by molar-refractivity contribution is 5.77. The van der Waals surface area contributed by atoms with E-state index in [4.69, 9.17) is 5.73 Å². The lowest BCUT2D eigenvalue weighted by Gasteiger charge is -2.37. The molecule has 4 N–H and O–H groups in total. The molecule has 1 aromatic carbocycles. The number of carbonyl (C=O) groups is 1. The molecule has 0 heterocycles. The zero-order valence-electron chi connectivity index (χ0n) is 18.6. The van der Waals surface area contributed by atoms with Crippen LogP contribution in [0.5, 0.6) is 11.5 Å². The third-order valence-corrected chi connectivity index (χ3v) is 6.83. The number of allylic oxidation sites excluding steroid dienone is 1. The Kier molecular flexibility index (Phi) is 7.79. The van der Waals surface area contributed by atoms with E-state index in [1.165, 1.54) is 19.3 Å². The molecule has 0 saturated heterocycles. The first-order chi connectivity index (χ1) is 13.6. The zero-order valence-corrected chi connectivity index (χ0v) is 18.6. The van der Waals surface area contributed by atoms with Crippen LogP contribution < -0.4 is 5.73 Å². The minimum Gasteiger partial charge on any atom is -0.508 e. The number of phenols is 2. The number of hydrogen-bond acceptors (Lipinski definition) is 3. The quantitative estimate of drug-likeness (QED) is 0.355. The van der Waals surface area contributed by atoms with Crippen molar-refractivity contribution in [3.8, 4) is 11.5 Å². The molecule has 0 bridgehead atoms. The Labute approximate surface area is 176 Å². The van der Waals surface area contributed by atoms with Crippen molar-refractivity contribution in [3.05, 3.63) is 35.4 Å². The highest BCUT2D eigenvalue weighted by Crippen LogP contribution is 2.50. The summed E-state index contributed by atoms with van der Waals surface area (Å²) in [4.78, 5) is 11.8. The first-order valence-corrected chi connectivity index (χ1v) is 11.1. The lowest BCUT2D eigenvalue weighted by molar-refractivity contribution is -0.123. The maximum absolute atomic E-state index is 11.8. The van der Waals surface area contributed by atoms with Crippen LogP contribution in [0.15, 0.2) is 24.3 Å². The summed E-state index contributed by atoms with van der Waals surface area (Å²) in [6, 6.07) is 3.61. The second kappa shape index (κ2) is 9.69. The summed E-state index contributed by atoms with van der Waals surface area (Å²) < 4.78 is 0. The number of amides is 1. The Balaban J connectivity index is 2.33. The van der Waals surface area contributed by atoms with Gasteiger partial charge in [-0.2, -0.15) is 0 Å². The van der Waals surface area contributed by atoms with E-state index < -0.39 is 0 Å². The predicted octanol–water partition coefficient (Wildman–Crippen LogP) is 5.91. The lowest BCUT2D eigenvalue weighted by Crippen LogP contribution is -2.32. The Morgan fingerprint density at radius 2 is 1.79 bits per heavy atom. The van der Waals surface area contributed by atoms with Gasteiger partial charge in [0, 0.05) is 11.5 Å². The van der Waals surface area contributed by atoms with Crippen molar-refractivity contribution in [1.82, 2.24) is 0 Å². The summed E-state index contributed by atoms with van der Waals surface area (Å²) in [5.41, 5.74) is 7.93. The van der Waals surface area contributed by atoms with Gasteiger partial charge < -0.3 is 15.9 Å². The van der Waals surface area contributed by atoms with Gasteiger partial charge in [-0.05, 0) is 67.6 Å². The molecule has 1 fully saturated rings. The van der Waals surface area contributed by atoms with E-state index in [-0.39, 0.29) is 40.6 Å². The van der Waals surface area contributed by atoms with E-state index in [2.05, 4.69) is 27.4 Å². The Morgan fingerprint density at radius 3 is 2.31 bits per heavy atom. The minimum absolute atomic E-state index is 0.114. The van der Waals surface area contributed by atoms with Gasteiger partial charge in [-0.3, -0.25) is 4.79 Å². The average molecular weight is 402 g/mol.